The number of carbonyl (C=O) groups is 3. The molecule has 1 aliphatic rings. The second-order valence-electron chi connectivity index (χ2n) is 7.37. The highest BCUT2D eigenvalue weighted by Gasteiger charge is 2.37. The van der Waals surface area contributed by atoms with Gasteiger partial charge >= 0.3 is 6.03 Å². The Morgan fingerprint density at radius 1 is 0.939 bits per heavy atom. The van der Waals surface area contributed by atoms with Crippen molar-refractivity contribution in [2.75, 3.05) is 4.90 Å². The molecule has 4 amide bonds. The summed E-state index contributed by atoms with van der Waals surface area (Å²) in [6.07, 6.45) is 1.40. The molecule has 1 N–H and O–H groups in total. The number of carbonyl (C=O) groups excluding carboxylic acids is 3. The van der Waals surface area contributed by atoms with Crippen molar-refractivity contribution in [1.29, 1.82) is 0 Å². The molecular formula is C25H18Cl2N2O4. The maximum atomic E-state index is 13.1. The van der Waals surface area contributed by atoms with Crippen molar-refractivity contribution in [3.8, 4) is 5.75 Å². The predicted molar refractivity (Wildman–Crippen MR) is 127 cm³/mol. The maximum Gasteiger partial charge on any atom is 0.335 e. The average molecular weight is 481 g/mol. The van der Waals surface area contributed by atoms with E-state index in [1.807, 2.05) is 31.2 Å². The van der Waals surface area contributed by atoms with E-state index in [4.69, 9.17) is 27.9 Å². The van der Waals surface area contributed by atoms with Gasteiger partial charge in [0.25, 0.3) is 11.8 Å². The van der Waals surface area contributed by atoms with Crippen LogP contribution in [0.25, 0.3) is 6.08 Å². The van der Waals surface area contributed by atoms with E-state index in [-0.39, 0.29) is 21.3 Å². The molecule has 166 valence electrons. The molecule has 0 aliphatic carbocycles. The van der Waals surface area contributed by atoms with Crippen molar-refractivity contribution >= 4 is 52.8 Å². The molecular weight excluding hydrogens is 463 g/mol. The number of anilines is 1. The molecule has 33 heavy (non-hydrogen) atoms. The van der Waals surface area contributed by atoms with Crippen molar-refractivity contribution in [2.24, 2.45) is 0 Å². The van der Waals surface area contributed by atoms with Gasteiger partial charge in [-0.25, -0.2) is 9.69 Å². The number of aryl methyl sites for hydroxylation is 1. The van der Waals surface area contributed by atoms with Gasteiger partial charge in [0.05, 0.1) is 15.7 Å². The molecule has 0 radical (unpaired) electrons. The van der Waals surface area contributed by atoms with Crippen LogP contribution in [-0.2, 0) is 16.2 Å². The standard InChI is InChI=1S/C25H18Cl2N2O4/c1-15-6-8-16(9-7-15)14-33-22-5-3-2-4-17(22)12-19-23(30)28-25(32)29(24(19)31)18-10-11-20(26)21(27)13-18/h2-13H,14H2,1H3,(H,28,30,32)/b19-12+. The maximum absolute atomic E-state index is 13.1. The summed E-state index contributed by atoms with van der Waals surface area (Å²) < 4.78 is 5.94. The molecule has 0 atom stereocenters. The number of hydrogen-bond donors (Lipinski definition) is 1. The van der Waals surface area contributed by atoms with Gasteiger partial charge < -0.3 is 4.74 Å². The topological polar surface area (TPSA) is 75.7 Å². The molecule has 1 saturated heterocycles. The van der Waals surface area contributed by atoms with Gasteiger partial charge in [0.2, 0.25) is 0 Å². The summed E-state index contributed by atoms with van der Waals surface area (Å²) in [6.45, 7) is 2.32. The van der Waals surface area contributed by atoms with E-state index in [1.165, 1.54) is 24.3 Å². The van der Waals surface area contributed by atoms with E-state index in [9.17, 15) is 14.4 Å². The minimum Gasteiger partial charge on any atom is -0.488 e. The van der Waals surface area contributed by atoms with Crippen LogP contribution in [-0.4, -0.2) is 17.8 Å². The Balaban J connectivity index is 1.64. The number of benzene rings is 3. The van der Waals surface area contributed by atoms with Crippen LogP contribution in [0.1, 0.15) is 16.7 Å². The van der Waals surface area contributed by atoms with Crippen LogP contribution in [0.2, 0.25) is 10.0 Å². The van der Waals surface area contributed by atoms with Gasteiger partial charge in [-0.15, -0.1) is 0 Å². The number of urea groups is 1. The third kappa shape index (κ3) is 4.92. The molecule has 0 bridgehead atoms. The van der Waals surface area contributed by atoms with Crippen molar-refractivity contribution in [1.82, 2.24) is 5.32 Å². The molecule has 3 aromatic rings. The van der Waals surface area contributed by atoms with E-state index >= 15 is 0 Å². The monoisotopic (exact) mass is 480 g/mol. The summed E-state index contributed by atoms with van der Waals surface area (Å²) in [6, 6.07) is 18.4. The Labute approximate surface area is 200 Å². The summed E-state index contributed by atoms with van der Waals surface area (Å²) in [5.41, 5.74) is 2.62. The van der Waals surface area contributed by atoms with Gasteiger partial charge in [0.15, 0.2) is 0 Å². The van der Waals surface area contributed by atoms with Gasteiger partial charge in [0.1, 0.15) is 17.9 Å². The summed E-state index contributed by atoms with van der Waals surface area (Å²) in [5, 5.41) is 2.64. The molecule has 1 aliphatic heterocycles. The van der Waals surface area contributed by atoms with Crippen LogP contribution in [0.5, 0.6) is 5.75 Å². The van der Waals surface area contributed by atoms with E-state index in [2.05, 4.69) is 5.32 Å². The Morgan fingerprint density at radius 3 is 2.39 bits per heavy atom. The van der Waals surface area contributed by atoms with E-state index in [1.54, 1.807) is 24.3 Å². The van der Waals surface area contributed by atoms with Crippen LogP contribution in [0.3, 0.4) is 0 Å². The van der Waals surface area contributed by atoms with Crippen LogP contribution < -0.4 is 15.0 Å². The number of imide groups is 2. The zero-order valence-electron chi connectivity index (χ0n) is 17.5. The Hall–Kier alpha value is -3.61. The SMILES string of the molecule is Cc1ccc(COc2ccccc2/C=C2\C(=O)NC(=O)N(c3ccc(Cl)c(Cl)c3)C2=O)cc1. The van der Waals surface area contributed by atoms with Crippen LogP contribution in [0.15, 0.2) is 72.3 Å². The number of nitrogens with zero attached hydrogens (tertiary/aromatic N) is 1. The van der Waals surface area contributed by atoms with Gasteiger partial charge in [-0.05, 0) is 42.8 Å². The third-order valence-electron chi connectivity index (χ3n) is 5.00. The summed E-state index contributed by atoms with van der Waals surface area (Å²) in [4.78, 5) is 38.9. The Morgan fingerprint density at radius 2 is 1.67 bits per heavy atom. The number of para-hydroxylation sites is 1. The second kappa shape index (κ2) is 9.48. The zero-order chi connectivity index (χ0) is 23.5. The average Bonchev–Trinajstić information content (AvgIpc) is 2.79. The third-order valence-corrected chi connectivity index (χ3v) is 5.74. The van der Waals surface area contributed by atoms with Crippen molar-refractivity contribution in [3.05, 3.63) is 99.0 Å². The van der Waals surface area contributed by atoms with Gasteiger partial charge in [-0.3, -0.25) is 14.9 Å². The lowest BCUT2D eigenvalue weighted by Gasteiger charge is -2.26. The fourth-order valence-corrected chi connectivity index (χ4v) is 3.54. The fourth-order valence-electron chi connectivity index (χ4n) is 3.25. The summed E-state index contributed by atoms with van der Waals surface area (Å²) in [7, 11) is 0. The molecule has 3 aromatic carbocycles. The lowest BCUT2D eigenvalue weighted by Crippen LogP contribution is -2.54. The number of rotatable bonds is 5. The molecule has 0 spiro atoms. The van der Waals surface area contributed by atoms with Crippen LogP contribution in [0, 0.1) is 6.92 Å². The zero-order valence-corrected chi connectivity index (χ0v) is 19.0. The quantitative estimate of drug-likeness (QED) is 0.383. The number of amides is 4. The van der Waals surface area contributed by atoms with Crippen LogP contribution >= 0.6 is 23.2 Å². The number of hydrogen-bond acceptors (Lipinski definition) is 4. The normalized spacial score (nSPS) is 15.1. The summed E-state index contributed by atoms with van der Waals surface area (Å²) >= 11 is 12.0. The first-order chi connectivity index (χ1) is 15.8. The first-order valence-corrected chi connectivity index (χ1v) is 10.7. The van der Waals surface area contributed by atoms with Gasteiger partial charge in [-0.2, -0.15) is 0 Å². The molecule has 0 aromatic heterocycles. The predicted octanol–water partition coefficient (Wildman–Crippen LogP) is 5.55. The first-order valence-electron chi connectivity index (χ1n) is 9.97. The lowest BCUT2D eigenvalue weighted by molar-refractivity contribution is -0.122. The van der Waals surface area contributed by atoms with Gasteiger partial charge in [0, 0.05) is 5.56 Å². The van der Waals surface area contributed by atoms with Crippen LogP contribution in [0.4, 0.5) is 10.5 Å². The smallest absolute Gasteiger partial charge is 0.335 e. The molecule has 4 rings (SSSR count). The first kappa shape index (κ1) is 22.6. The number of ether oxygens (including phenoxy) is 1. The highest BCUT2D eigenvalue weighted by molar-refractivity contribution is 6.43. The molecule has 1 heterocycles. The summed E-state index contributed by atoms with van der Waals surface area (Å²) in [5.74, 6) is -1.09. The minimum absolute atomic E-state index is 0.173. The van der Waals surface area contributed by atoms with E-state index in [0.29, 0.717) is 17.9 Å². The molecule has 0 saturated carbocycles. The lowest BCUT2D eigenvalue weighted by atomic mass is 10.1. The van der Waals surface area contributed by atoms with Crippen molar-refractivity contribution in [3.63, 3.8) is 0 Å². The molecule has 8 heteroatoms. The Bertz CT molecular complexity index is 1290. The van der Waals surface area contributed by atoms with E-state index in [0.717, 1.165) is 16.0 Å². The second-order valence-corrected chi connectivity index (χ2v) is 8.18. The highest BCUT2D eigenvalue weighted by Crippen LogP contribution is 2.30. The highest BCUT2D eigenvalue weighted by atomic mass is 35.5. The molecule has 6 nitrogen and oxygen atoms in total. The van der Waals surface area contributed by atoms with E-state index < -0.39 is 17.8 Å². The molecule has 1 fully saturated rings. The molecule has 0 unspecified atom stereocenters. The number of barbiturate groups is 1. The van der Waals surface area contributed by atoms with Gasteiger partial charge in [-0.1, -0.05) is 71.2 Å². The minimum atomic E-state index is -0.871. The van der Waals surface area contributed by atoms with Crippen molar-refractivity contribution < 1.29 is 19.1 Å². The largest absolute Gasteiger partial charge is 0.488 e. The Kier molecular flexibility index (Phi) is 6.49. The fraction of sp³-hybridized carbons (Fsp3) is 0.0800. The number of nitrogens with one attached hydrogen (secondary N) is 1. The van der Waals surface area contributed by atoms with Crippen molar-refractivity contribution in [2.45, 2.75) is 13.5 Å². The number of halogens is 2.